The summed E-state index contributed by atoms with van der Waals surface area (Å²) >= 11 is 0. The van der Waals surface area contributed by atoms with E-state index >= 15 is 0 Å². The molecule has 3 N–H and O–H groups in total. The number of benzene rings is 1. The van der Waals surface area contributed by atoms with Gasteiger partial charge in [-0.15, -0.1) is 0 Å². The summed E-state index contributed by atoms with van der Waals surface area (Å²) < 4.78 is 0. The number of hydrogen-bond donors (Lipinski definition) is 2. The lowest BCUT2D eigenvalue weighted by molar-refractivity contribution is -0.122. The predicted octanol–water partition coefficient (Wildman–Crippen LogP) is 1.21. The van der Waals surface area contributed by atoms with E-state index in [9.17, 15) is 4.79 Å². The molecule has 3 nitrogen and oxygen atoms in total. The molecule has 1 amide bonds. The SMILES string of the molecule is CC(N)C(=O)NC(C)c1ccccc1. The van der Waals surface area contributed by atoms with E-state index < -0.39 is 6.04 Å². The van der Waals surface area contributed by atoms with Crippen LogP contribution in [0.4, 0.5) is 0 Å². The number of rotatable bonds is 3. The van der Waals surface area contributed by atoms with Crippen LogP contribution in [0, 0.1) is 0 Å². The van der Waals surface area contributed by atoms with Gasteiger partial charge in [0.15, 0.2) is 0 Å². The van der Waals surface area contributed by atoms with E-state index in [1.165, 1.54) is 0 Å². The molecule has 0 aliphatic heterocycles. The van der Waals surface area contributed by atoms with Gasteiger partial charge in [0.1, 0.15) is 0 Å². The van der Waals surface area contributed by atoms with Crippen LogP contribution in [0.1, 0.15) is 25.5 Å². The van der Waals surface area contributed by atoms with E-state index in [2.05, 4.69) is 5.32 Å². The molecule has 76 valence electrons. The lowest BCUT2D eigenvalue weighted by atomic mass is 10.1. The summed E-state index contributed by atoms with van der Waals surface area (Å²) in [5.41, 5.74) is 6.53. The molecule has 0 radical (unpaired) electrons. The molecule has 1 aromatic rings. The fourth-order valence-corrected chi connectivity index (χ4v) is 1.17. The van der Waals surface area contributed by atoms with Crippen molar-refractivity contribution < 1.29 is 4.79 Å². The van der Waals surface area contributed by atoms with Gasteiger partial charge in [-0.1, -0.05) is 30.3 Å². The molecular weight excluding hydrogens is 176 g/mol. The van der Waals surface area contributed by atoms with Gasteiger partial charge in [0.05, 0.1) is 12.1 Å². The van der Waals surface area contributed by atoms with E-state index in [-0.39, 0.29) is 11.9 Å². The molecule has 0 aromatic heterocycles. The van der Waals surface area contributed by atoms with Gasteiger partial charge in [-0.05, 0) is 19.4 Å². The Morgan fingerprint density at radius 2 is 1.86 bits per heavy atom. The predicted molar refractivity (Wildman–Crippen MR) is 56.6 cm³/mol. The molecule has 0 heterocycles. The molecule has 0 fully saturated rings. The molecule has 2 atom stereocenters. The third-order valence-corrected chi connectivity index (χ3v) is 2.07. The van der Waals surface area contributed by atoms with Crippen LogP contribution in [0.5, 0.6) is 0 Å². The van der Waals surface area contributed by atoms with Gasteiger partial charge in [0, 0.05) is 0 Å². The fourth-order valence-electron chi connectivity index (χ4n) is 1.17. The average molecular weight is 192 g/mol. The molecule has 3 heteroatoms. The van der Waals surface area contributed by atoms with Crippen molar-refractivity contribution in [2.45, 2.75) is 25.9 Å². The van der Waals surface area contributed by atoms with E-state index in [4.69, 9.17) is 5.73 Å². The Morgan fingerprint density at radius 3 is 2.36 bits per heavy atom. The number of nitrogens with two attached hydrogens (primary N) is 1. The Hall–Kier alpha value is -1.35. The lowest BCUT2D eigenvalue weighted by Crippen LogP contribution is -2.39. The molecule has 14 heavy (non-hydrogen) atoms. The Kier molecular flexibility index (Phi) is 3.65. The van der Waals surface area contributed by atoms with Crippen molar-refractivity contribution in [1.82, 2.24) is 5.32 Å². The third kappa shape index (κ3) is 2.85. The molecule has 0 aliphatic rings. The molecule has 1 rings (SSSR count). The van der Waals surface area contributed by atoms with Gasteiger partial charge in [0.25, 0.3) is 0 Å². The molecular formula is C11H16N2O. The first-order chi connectivity index (χ1) is 6.61. The second kappa shape index (κ2) is 4.77. The Labute approximate surface area is 84.3 Å². The van der Waals surface area contributed by atoms with Crippen LogP contribution in [0.3, 0.4) is 0 Å². The Bertz CT molecular complexity index is 295. The van der Waals surface area contributed by atoms with Gasteiger partial charge in [-0.2, -0.15) is 0 Å². The highest BCUT2D eigenvalue weighted by Gasteiger charge is 2.11. The van der Waals surface area contributed by atoms with Gasteiger partial charge < -0.3 is 11.1 Å². The molecule has 0 bridgehead atoms. The van der Waals surface area contributed by atoms with Crippen LogP contribution in [-0.2, 0) is 4.79 Å². The minimum Gasteiger partial charge on any atom is -0.348 e. The van der Waals surface area contributed by atoms with Crippen LogP contribution < -0.4 is 11.1 Å². The summed E-state index contributed by atoms with van der Waals surface area (Å²) in [5, 5.41) is 2.83. The number of nitrogens with one attached hydrogen (secondary N) is 1. The summed E-state index contributed by atoms with van der Waals surface area (Å²) in [4.78, 5) is 11.3. The molecule has 0 aliphatic carbocycles. The van der Waals surface area contributed by atoms with Crippen molar-refractivity contribution in [2.75, 3.05) is 0 Å². The maximum atomic E-state index is 11.3. The normalized spacial score (nSPS) is 14.5. The highest BCUT2D eigenvalue weighted by molar-refractivity contribution is 5.81. The topological polar surface area (TPSA) is 55.1 Å². The van der Waals surface area contributed by atoms with Crippen LogP contribution >= 0.6 is 0 Å². The van der Waals surface area contributed by atoms with Crippen molar-refractivity contribution in [2.24, 2.45) is 5.73 Å². The number of hydrogen-bond acceptors (Lipinski definition) is 2. The summed E-state index contributed by atoms with van der Waals surface area (Å²) in [6.45, 7) is 3.61. The van der Waals surface area contributed by atoms with E-state index in [1.807, 2.05) is 37.3 Å². The zero-order valence-corrected chi connectivity index (χ0v) is 8.53. The molecule has 0 spiro atoms. The van der Waals surface area contributed by atoms with Crippen molar-refractivity contribution in [3.05, 3.63) is 35.9 Å². The molecule has 0 saturated carbocycles. The second-order valence-corrected chi connectivity index (χ2v) is 3.43. The smallest absolute Gasteiger partial charge is 0.237 e. The quantitative estimate of drug-likeness (QED) is 0.756. The third-order valence-electron chi connectivity index (χ3n) is 2.07. The van der Waals surface area contributed by atoms with E-state index in [1.54, 1.807) is 6.92 Å². The van der Waals surface area contributed by atoms with Gasteiger partial charge in [0.2, 0.25) is 5.91 Å². The van der Waals surface area contributed by atoms with E-state index in [0.717, 1.165) is 5.56 Å². The van der Waals surface area contributed by atoms with Crippen molar-refractivity contribution in [3.63, 3.8) is 0 Å². The first-order valence-corrected chi connectivity index (χ1v) is 4.72. The van der Waals surface area contributed by atoms with Crippen LogP contribution in [0.2, 0.25) is 0 Å². The molecule has 1 aromatic carbocycles. The summed E-state index contributed by atoms with van der Waals surface area (Å²) in [5.74, 6) is -0.124. The Morgan fingerprint density at radius 1 is 1.29 bits per heavy atom. The minimum atomic E-state index is -0.457. The van der Waals surface area contributed by atoms with Crippen LogP contribution in [0.25, 0.3) is 0 Å². The maximum Gasteiger partial charge on any atom is 0.237 e. The average Bonchev–Trinajstić information content (AvgIpc) is 2.19. The zero-order chi connectivity index (χ0) is 10.6. The highest BCUT2D eigenvalue weighted by atomic mass is 16.2. The van der Waals surface area contributed by atoms with Crippen molar-refractivity contribution in [1.29, 1.82) is 0 Å². The summed E-state index contributed by atoms with van der Waals surface area (Å²) in [6.07, 6.45) is 0. The van der Waals surface area contributed by atoms with Crippen molar-refractivity contribution >= 4 is 5.91 Å². The van der Waals surface area contributed by atoms with Gasteiger partial charge in [-0.3, -0.25) is 4.79 Å². The first kappa shape index (κ1) is 10.7. The lowest BCUT2D eigenvalue weighted by Gasteiger charge is -2.15. The fraction of sp³-hybridized carbons (Fsp3) is 0.364. The maximum absolute atomic E-state index is 11.3. The van der Waals surface area contributed by atoms with Gasteiger partial charge >= 0.3 is 0 Å². The number of carbonyl (C=O) groups excluding carboxylic acids is 1. The first-order valence-electron chi connectivity index (χ1n) is 4.72. The summed E-state index contributed by atoms with van der Waals surface area (Å²) in [7, 11) is 0. The van der Waals surface area contributed by atoms with Gasteiger partial charge in [-0.25, -0.2) is 0 Å². The zero-order valence-electron chi connectivity index (χ0n) is 8.53. The molecule has 2 unspecified atom stereocenters. The highest BCUT2D eigenvalue weighted by Crippen LogP contribution is 2.10. The number of carbonyl (C=O) groups is 1. The monoisotopic (exact) mass is 192 g/mol. The largest absolute Gasteiger partial charge is 0.348 e. The standard InChI is InChI=1S/C11H16N2O/c1-8(12)11(14)13-9(2)10-6-4-3-5-7-10/h3-9H,12H2,1-2H3,(H,13,14). The molecule has 0 saturated heterocycles. The second-order valence-electron chi connectivity index (χ2n) is 3.43. The number of amides is 1. The van der Waals surface area contributed by atoms with Crippen molar-refractivity contribution in [3.8, 4) is 0 Å². The van der Waals surface area contributed by atoms with E-state index in [0.29, 0.717) is 0 Å². The van der Waals surface area contributed by atoms with Crippen LogP contribution in [0.15, 0.2) is 30.3 Å². The minimum absolute atomic E-state index is 0.00898. The summed E-state index contributed by atoms with van der Waals surface area (Å²) in [6, 6.07) is 9.35. The van der Waals surface area contributed by atoms with Crippen LogP contribution in [-0.4, -0.2) is 11.9 Å². The Balaban J connectivity index is 2.59.